The molecule has 0 aliphatic carbocycles. The lowest BCUT2D eigenvalue weighted by atomic mass is 10.1. The number of rotatable bonds is 3. The molecule has 0 amide bonds. The van der Waals surface area contributed by atoms with Crippen molar-refractivity contribution in [2.45, 2.75) is 26.3 Å². The molecule has 5 heteroatoms. The molecule has 0 radical (unpaired) electrons. The van der Waals surface area contributed by atoms with Crippen LogP contribution in [0.2, 0.25) is 0 Å². The number of aromatic nitrogens is 4. The number of halogens is 1. The van der Waals surface area contributed by atoms with Crippen LogP contribution < -0.4 is 0 Å². The molecule has 0 spiro atoms. The van der Waals surface area contributed by atoms with Crippen molar-refractivity contribution >= 4 is 22.3 Å². The highest BCUT2D eigenvalue weighted by Gasteiger charge is 2.20. The van der Waals surface area contributed by atoms with E-state index in [1.165, 1.54) is 6.07 Å². The number of hydrogen-bond acceptors (Lipinski definition) is 3. The van der Waals surface area contributed by atoms with Gasteiger partial charge in [-0.05, 0) is 37.6 Å². The summed E-state index contributed by atoms with van der Waals surface area (Å²) in [4.78, 5) is 14.0. The number of nitrogens with zero attached hydrogens (tertiary/aromatic N) is 4. The van der Waals surface area contributed by atoms with E-state index >= 15 is 0 Å². The fourth-order valence-corrected chi connectivity index (χ4v) is 2.91. The summed E-state index contributed by atoms with van der Waals surface area (Å²) in [5, 5.41) is 0. The third kappa shape index (κ3) is 2.24. The summed E-state index contributed by atoms with van der Waals surface area (Å²) in [6.07, 6.45) is 0.890. The Morgan fingerprint density at radius 3 is 2.33 bits per heavy atom. The predicted octanol–water partition coefficient (Wildman–Crippen LogP) is 4.76. The minimum Gasteiger partial charge on any atom is -0.304 e. The number of benzene rings is 2. The highest BCUT2D eigenvalue weighted by atomic mass is 19.1. The molecule has 0 fully saturated rings. The van der Waals surface area contributed by atoms with Crippen LogP contribution in [0, 0.1) is 5.82 Å². The molecule has 4 nitrogen and oxygen atoms in total. The van der Waals surface area contributed by atoms with Gasteiger partial charge in [0.25, 0.3) is 0 Å². The molecule has 2 aromatic carbocycles. The third-order valence-electron chi connectivity index (χ3n) is 4.35. The zero-order chi connectivity index (χ0) is 16.7. The van der Waals surface area contributed by atoms with Gasteiger partial charge < -0.3 is 4.57 Å². The van der Waals surface area contributed by atoms with Crippen LogP contribution in [-0.2, 0) is 0 Å². The van der Waals surface area contributed by atoms with Crippen molar-refractivity contribution in [3.05, 3.63) is 54.3 Å². The van der Waals surface area contributed by atoms with Gasteiger partial charge in [-0.3, -0.25) is 0 Å². The topological polar surface area (TPSA) is 43.6 Å². The van der Waals surface area contributed by atoms with Crippen molar-refractivity contribution in [2.24, 2.45) is 0 Å². The molecule has 1 atom stereocenters. The standard InChI is InChI=1S/C19H17FN4/c1-3-12(2)24-18(13-8-4-5-9-14(13)20)23-17-19(24)22-16-11-7-6-10-15(16)21-17/h4-12H,3H2,1-2H3. The van der Waals surface area contributed by atoms with E-state index in [-0.39, 0.29) is 11.9 Å². The predicted molar refractivity (Wildman–Crippen MR) is 93.2 cm³/mol. The number of para-hydroxylation sites is 2. The van der Waals surface area contributed by atoms with Crippen LogP contribution in [0.4, 0.5) is 4.39 Å². The van der Waals surface area contributed by atoms with E-state index in [0.717, 1.165) is 17.5 Å². The smallest absolute Gasteiger partial charge is 0.198 e. The van der Waals surface area contributed by atoms with Gasteiger partial charge in [-0.15, -0.1) is 0 Å². The van der Waals surface area contributed by atoms with E-state index in [1.807, 2.05) is 34.9 Å². The SMILES string of the molecule is CCC(C)n1c(-c2ccccc2F)nc2nc3ccccc3nc21. The van der Waals surface area contributed by atoms with Crippen molar-refractivity contribution in [2.75, 3.05) is 0 Å². The third-order valence-corrected chi connectivity index (χ3v) is 4.35. The number of hydrogen-bond donors (Lipinski definition) is 0. The van der Waals surface area contributed by atoms with Crippen molar-refractivity contribution in [3.63, 3.8) is 0 Å². The first-order chi connectivity index (χ1) is 11.7. The Bertz CT molecular complexity index is 1040. The summed E-state index contributed by atoms with van der Waals surface area (Å²) < 4.78 is 16.3. The van der Waals surface area contributed by atoms with Gasteiger partial charge in [0.15, 0.2) is 11.3 Å². The molecule has 0 aliphatic heterocycles. The van der Waals surface area contributed by atoms with Crippen molar-refractivity contribution in [3.8, 4) is 11.4 Å². The summed E-state index contributed by atoms with van der Waals surface area (Å²) >= 11 is 0. The van der Waals surface area contributed by atoms with Crippen molar-refractivity contribution in [1.82, 2.24) is 19.5 Å². The summed E-state index contributed by atoms with van der Waals surface area (Å²) in [5.74, 6) is 0.287. The lowest BCUT2D eigenvalue weighted by molar-refractivity contribution is 0.544. The molecule has 0 N–H and O–H groups in total. The Labute approximate surface area is 139 Å². The molecule has 4 rings (SSSR count). The number of fused-ring (bicyclic) bond motifs is 2. The fraction of sp³-hybridized carbons (Fsp3) is 0.211. The summed E-state index contributed by atoms with van der Waals surface area (Å²) in [7, 11) is 0. The quantitative estimate of drug-likeness (QED) is 0.547. The van der Waals surface area contributed by atoms with Crippen molar-refractivity contribution in [1.29, 1.82) is 0 Å². The minimum atomic E-state index is -0.290. The minimum absolute atomic E-state index is 0.139. The molecular formula is C19H17FN4. The van der Waals surface area contributed by atoms with Crippen LogP contribution in [0.3, 0.4) is 0 Å². The van der Waals surface area contributed by atoms with Gasteiger partial charge >= 0.3 is 0 Å². The lowest BCUT2D eigenvalue weighted by Gasteiger charge is -2.15. The average molecular weight is 320 g/mol. The Balaban J connectivity index is 2.09. The molecule has 120 valence electrons. The second-order valence-corrected chi connectivity index (χ2v) is 5.90. The fourth-order valence-electron chi connectivity index (χ4n) is 2.91. The van der Waals surface area contributed by atoms with Gasteiger partial charge in [0.05, 0.1) is 16.6 Å². The van der Waals surface area contributed by atoms with Gasteiger partial charge in [-0.2, -0.15) is 0 Å². The Morgan fingerprint density at radius 2 is 1.62 bits per heavy atom. The van der Waals surface area contributed by atoms with E-state index in [4.69, 9.17) is 4.98 Å². The maximum Gasteiger partial charge on any atom is 0.198 e. The first-order valence-electron chi connectivity index (χ1n) is 8.08. The monoisotopic (exact) mass is 320 g/mol. The Kier molecular flexibility index (Phi) is 3.49. The van der Waals surface area contributed by atoms with E-state index in [9.17, 15) is 4.39 Å². The largest absolute Gasteiger partial charge is 0.304 e. The normalized spacial score (nSPS) is 12.8. The molecule has 1 unspecified atom stereocenters. The molecule has 0 aliphatic rings. The van der Waals surface area contributed by atoms with Gasteiger partial charge in [-0.25, -0.2) is 19.3 Å². The molecule has 2 aromatic heterocycles. The highest BCUT2D eigenvalue weighted by Crippen LogP contribution is 2.30. The summed E-state index contributed by atoms with van der Waals surface area (Å²) in [6.45, 7) is 4.18. The van der Waals surface area contributed by atoms with Crippen molar-refractivity contribution < 1.29 is 4.39 Å². The van der Waals surface area contributed by atoms with Crippen LogP contribution >= 0.6 is 0 Å². The summed E-state index contributed by atoms with van der Waals surface area (Å²) in [5.41, 5.74) is 3.32. The Hall–Kier alpha value is -2.82. The van der Waals surface area contributed by atoms with Gasteiger partial charge in [0.2, 0.25) is 0 Å². The molecule has 4 aromatic rings. The van der Waals surface area contributed by atoms with Crippen LogP contribution in [0.25, 0.3) is 33.7 Å². The Morgan fingerprint density at radius 1 is 0.958 bits per heavy atom. The van der Waals surface area contributed by atoms with E-state index < -0.39 is 0 Å². The lowest BCUT2D eigenvalue weighted by Crippen LogP contribution is -2.07. The first-order valence-corrected chi connectivity index (χ1v) is 8.08. The molecule has 0 saturated heterocycles. The summed E-state index contributed by atoms with van der Waals surface area (Å²) in [6, 6.07) is 14.5. The van der Waals surface area contributed by atoms with Gasteiger partial charge in [0, 0.05) is 6.04 Å². The van der Waals surface area contributed by atoms with Gasteiger partial charge in [0.1, 0.15) is 11.6 Å². The van der Waals surface area contributed by atoms with Crippen LogP contribution in [-0.4, -0.2) is 19.5 Å². The molecule has 24 heavy (non-hydrogen) atoms. The average Bonchev–Trinajstić information content (AvgIpc) is 2.97. The first kappa shape index (κ1) is 14.8. The van der Waals surface area contributed by atoms with Crippen LogP contribution in [0.15, 0.2) is 48.5 Å². The molecular weight excluding hydrogens is 303 g/mol. The van der Waals surface area contributed by atoms with Crippen LogP contribution in [0.5, 0.6) is 0 Å². The number of imidazole rings is 1. The van der Waals surface area contributed by atoms with E-state index in [2.05, 4.69) is 23.8 Å². The zero-order valence-electron chi connectivity index (χ0n) is 13.6. The van der Waals surface area contributed by atoms with E-state index in [0.29, 0.717) is 22.7 Å². The highest BCUT2D eigenvalue weighted by molar-refractivity contribution is 5.85. The van der Waals surface area contributed by atoms with Gasteiger partial charge in [-0.1, -0.05) is 31.2 Å². The second-order valence-electron chi connectivity index (χ2n) is 5.90. The van der Waals surface area contributed by atoms with Crippen LogP contribution in [0.1, 0.15) is 26.3 Å². The molecule has 0 saturated carbocycles. The second kappa shape index (κ2) is 5.67. The maximum atomic E-state index is 14.3. The zero-order valence-corrected chi connectivity index (χ0v) is 13.6. The maximum absolute atomic E-state index is 14.3. The molecule has 2 heterocycles. The molecule has 0 bridgehead atoms. The van der Waals surface area contributed by atoms with E-state index in [1.54, 1.807) is 12.1 Å².